The van der Waals surface area contributed by atoms with Gasteiger partial charge in [-0.15, -0.1) is 0 Å². The Labute approximate surface area is 79.4 Å². The van der Waals surface area contributed by atoms with Crippen molar-refractivity contribution < 1.29 is 0 Å². The molecule has 0 aromatic carbocycles. The highest BCUT2D eigenvalue weighted by molar-refractivity contribution is 5.55. The molecule has 13 heavy (non-hydrogen) atoms. The van der Waals surface area contributed by atoms with Crippen LogP contribution in [0.25, 0.3) is 4.85 Å². The number of pyridine rings is 1. The van der Waals surface area contributed by atoms with Gasteiger partial charge in [0.15, 0.2) is 0 Å². The van der Waals surface area contributed by atoms with Crippen LogP contribution in [0.5, 0.6) is 0 Å². The van der Waals surface area contributed by atoms with Crippen LogP contribution in [-0.2, 0) is 0 Å². The Hall–Kier alpha value is -1.36. The molecule has 0 saturated heterocycles. The monoisotopic (exact) mass is 174 g/mol. The molecule has 0 atom stereocenters. The second kappa shape index (κ2) is 3.57. The molecular weight excluding hydrogens is 160 g/mol. The van der Waals surface area contributed by atoms with Crippen molar-refractivity contribution in [3.63, 3.8) is 0 Å². The summed E-state index contributed by atoms with van der Waals surface area (Å²) in [6, 6.07) is 2.00. The highest BCUT2D eigenvalue weighted by Crippen LogP contribution is 2.25. The Balaban J connectivity index is 3.30. The summed E-state index contributed by atoms with van der Waals surface area (Å²) >= 11 is 0. The molecule has 0 amide bonds. The van der Waals surface area contributed by atoms with E-state index in [4.69, 9.17) is 6.57 Å². The van der Waals surface area contributed by atoms with E-state index in [0.717, 1.165) is 17.0 Å². The molecule has 1 rings (SSSR count). The maximum atomic E-state index is 6.99. The van der Waals surface area contributed by atoms with E-state index in [1.54, 1.807) is 0 Å². The lowest BCUT2D eigenvalue weighted by atomic mass is 10.1. The smallest absolute Gasteiger partial charge is 0.210 e. The van der Waals surface area contributed by atoms with Gasteiger partial charge in [-0.3, -0.25) is 4.98 Å². The summed E-state index contributed by atoms with van der Waals surface area (Å²) < 4.78 is 0. The number of hydrogen-bond acceptors (Lipinski definition) is 1. The Morgan fingerprint density at radius 1 is 1.38 bits per heavy atom. The van der Waals surface area contributed by atoms with Crippen LogP contribution < -0.4 is 0 Å². The molecule has 0 unspecified atom stereocenters. The molecule has 1 heterocycles. The highest BCUT2D eigenvalue weighted by Gasteiger charge is 2.08. The fourth-order valence-electron chi connectivity index (χ4n) is 1.32. The molecule has 0 fully saturated rings. The molecule has 0 aliphatic carbocycles. The van der Waals surface area contributed by atoms with Gasteiger partial charge in [0, 0.05) is 11.4 Å². The van der Waals surface area contributed by atoms with Crippen molar-refractivity contribution in [3.8, 4) is 0 Å². The Morgan fingerprint density at radius 3 is 2.38 bits per heavy atom. The van der Waals surface area contributed by atoms with Crippen molar-refractivity contribution in [2.24, 2.45) is 0 Å². The zero-order valence-corrected chi connectivity index (χ0v) is 8.55. The van der Waals surface area contributed by atoms with Gasteiger partial charge >= 0.3 is 0 Å². The minimum absolute atomic E-state index is 0.428. The third kappa shape index (κ3) is 1.86. The van der Waals surface area contributed by atoms with Crippen LogP contribution in [-0.4, -0.2) is 4.98 Å². The zero-order valence-electron chi connectivity index (χ0n) is 8.55. The van der Waals surface area contributed by atoms with Gasteiger partial charge in [0.25, 0.3) is 0 Å². The number of hydrogen-bond donors (Lipinski definition) is 0. The lowest BCUT2D eigenvalue weighted by Gasteiger charge is -2.08. The van der Waals surface area contributed by atoms with Crippen LogP contribution in [0.4, 0.5) is 5.69 Å². The Kier molecular flexibility index (Phi) is 2.67. The van der Waals surface area contributed by atoms with E-state index in [2.05, 4.69) is 23.7 Å². The maximum Gasteiger partial charge on any atom is 0.210 e. The first kappa shape index (κ1) is 9.73. The Bertz CT molecular complexity index is 336. The van der Waals surface area contributed by atoms with Crippen LogP contribution in [0, 0.1) is 20.4 Å². The van der Waals surface area contributed by atoms with Crippen molar-refractivity contribution in [2.45, 2.75) is 33.6 Å². The van der Waals surface area contributed by atoms with E-state index in [-0.39, 0.29) is 0 Å². The van der Waals surface area contributed by atoms with Crippen molar-refractivity contribution >= 4 is 5.69 Å². The predicted molar refractivity (Wildman–Crippen MR) is 54.1 cm³/mol. The van der Waals surface area contributed by atoms with Crippen LogP contribution in [0.15, 0.2) is 6.07 Å². The lowest BCUT2D eigenvalue weighted by molar-refractivity contribution is 0.814. The standard InChI is InChI=1S/C11H14N2/c1-7(2)10-6-8(3)11(12-5)9(4)13-10/h6-7H,1-4H3. The molecule has 2 heteroatoms. The third-order valence-electron chi connectivity index (χ3n) is 2.08. The minimum atomic E-state index is 0.428. The molecule has 1 aromatic rings. The summed E-state index contributed by atoms with van der Waals surface area (Å²) in [5, 5.41) is 0. The van der Waals surface area contributed by atoms with Gasteiger partial charge in [-0.05, 0) is 31.4 Å². The first-order chi connectivity index (χ1) is 6.06. The zero-order chi connectivity index (χ0) is 10.0. The molecule has 0 saturated carbocycles. The quantitative estimate of drug-likeness (QED) is 0.596. The number of aryl methyl sites for hydroxylation is 2. The molecule has 0 bridgehead atoms. The van der Waals surface area contributed by atoms with E-state index < -0.39 is 0 Å². The topological polar surface area (TPSA) is 17.2 Å². The summed E-state index contributed by atoms with van der Waals surface area (Å²) in [6.45, 7) is 15.1. The summed E-state index contributed by atoms with van der Waals surface area (Å²) in [6.07, 6.45) is 0. The average Bonchev–Trinajstić information content (AvgIpc) is 2.03. The molecule has 0 aliphatic heterocycles. The molecule has 0 radical (unpaired) electrons. The summed E-state index contributed by atoms with van der Waals surface area (Å²) in [5.74, 6) is 0.428. The van der Waals surface area contributed by atoms with Crippen molar-refractivity contribution in [3.05, 3.63) is 34.4 Å². The molecule has 1 aromatic heterocycles. The van der Waals surface area contributed by atoms with E-state index in [1.807, 2.05) is 19.9 Å². The molecular formula is C11H14N2. The summed E-state index contributed by atoms with van der Waals surface area (Å²) in [5.41, 5.74) is 3.65. The van der Waals surface area contributed by atoms with E-state index >= 15 is 0 Å². The first-order valence-electron chi connectivity index (χ1n) is 4.42. The fourth-order valence-corrected chi connectivity index (χ4v) is 1.32. The number of rotatable bonds is 1. The van der Waals surface area contributed by atoms with Gasteiger partial charge < -0.3 is 0 Å². The van der Waals surface area contributed by atoms with Crippen molar-refractivity contribution in [1.82, 2.24) is 4.98 Å². The number of aromatic nitrogens is 1. The molecule has 68 valence electrons. The largest absolute Gasteiger partial charge is 0.269 e. The van der Waals surface area contributed by atoms with Gasteiger partial charge in [0.2, 0.25) is 5.69 Å². The van der Waals surface area contributed by atoms with E-state index in [9.17, 15) is 0 Å². The van der Waals surface area contributed by atoms with Gasteiger partial charge in [-0.25, -0.2) is 4.85 Å². The first-order valence-corrected chi connectivity index (χ1v) is 4.42. The van der Waals surface area contributed by atoms with Crippen LogP contribution in [0.2, 0.25) is 0 Å². The van der Waals surface area contributed by atoms with Gasteiger partial charge in [0.05, 0.1) is 6.57 Å². The molecule has 2 nitrogen and oxygen atoms in total. The number of nitrogens with zero attached hydrogens (tertiary/aromatic N) is 2. The van der Waals surface area contributed by atoms with Crippen molar-refractivity contribution in [1.29, 1.82) is 0 Å². The van der Waals surface area contributed by atoms with Gasteiger partial charge in [0.1, 0.15) is 0 Å². The summed E-state index contributed by atoms with van der Waals surface area (Å²) in [7, 11) is 0. The third-order valence-corrected chi connectivity index (χ3v) is 2.08. The summed E-state index contributed by atoms with van der Waals surface area (Å²) in [4.78, 5) is 7.85. The fraction of sp³-hybridized carbons (Fsp3) is 0.455. The van der Waals surface area contributed by atoms with Crippen LogP contribution in [0.3, 0.4) is 0 Å². The SMILES string of the molecule is [C-]#[N+]c1c(C)cc(C(C)C)nc1C. The normalized spacial score (nSPS) is 10.2. The van der Waals surface area contributed by atoms with Crippen LogP contribution >= 0.6 is 0 Å². The second-order valence-corrected chi connectivity index (χ2v) is 3.56. The van der Waals surface area contributed by atoms with Crippen LogP contribution in [0.1, 0.15) is 36.7 Å². The average molecular weight is 174 g/mol. The molecule has 0 aliphatic rings. The van der Waals surface area contributed by atoms with Crippen molar-refractivity contribution in [2.75, 3.05) is 0 Å². The molecule has 0 N–H and O–H groups in total. The second-order valence-electron chi connectivity index (χ2n) is 3.56. The van der Waals surface area contributed by atoms with Gasteiger partial charge in [-0.1, -0.05) is 13.8 Å². The molecule has 0 spiro atoms. The predicted octanol–water partition coefficient (Wildman–Crippen LogP) is 3.37. The Morgan fingerprint density at radius 2 is 2.00 bits per heavy atom. The van der Waals surface area contributed by atoms with Gasteiger partial charge in [-0.2, -0.15) is 0 Å². The lowest BCUT2D eigenvalue weighted by Crippen LogP contribution is -1.96. The van der Waals surface area contributed by atoms with E-state index in [1.165, 1.54) is 0 Å². The highest BCUT2D eigenvalue weighted by atomic mass is 14.8. The minimum Gasteiger partial charge on any atom is -0.269 e. The maximum absolute atomic E-state index is 6.99. The van der Waals surface area contributed by atoms with E-state index in [0.29, 0.717) is 11.6 Å².